The molecule has 0 aliphatic rings. The maximum absolute atomic E-state index is 13.6. The zero-order valence-corrected chi connectivity index (χ0v) is 11.2. The number of aliphatic hydroxyl groups excluding tert-OH is 1. The summed E-state index contributed by atoms with van der Waals surface area (Å²) in [7, 11) is 0. The first kappa shape index (κ1) is 14.6. The molecule has 2 aromatic rings. The summed E-state index contributed by atoms with van der Waals surface area (Å²) in [6.07, 6.45) is -0.685. The monoisotopic (exact) mass is 277 g/mol. The van der Waals surface area contributed by atoms with Crippen LogP contribution in [0.4, 0.5) is 8.78 Å². The lowest BCUT2D eigenvalue weighted by Gasteiger charge is -2.18. The minimum atomic E-state index is -0.861. The first-order valence-corrected chi connectivity index (χ1v) is 6.50. The molecule has 0 aliphatic carbocycles. The molecule has 0 amide bonds. The van der Waals surface area contributed by atoms with Gasteiger partial charge in [0.25, 0.3) is 0 Å². The van der Waals surface area contributed by atoms with Gasteiger partial charge in [0.15, 0.2) is 11.6 Å². The average Bonchev–Trinajstić information content (AvgIpc) is 2.48. The molecule has 0 spiro atoms. The van der Waals surface area contributed by atoms with Gasteiger partial charge in [0, 0.05) is 18.2 Å². The van der Waals surface area contributed by atoms with E-state index in [-0.39, 0.29) is 18.2 Å². The molecule has 2 N–H and O–H groups in total. The third-order valence-electron chi connectivity index (χ3n) is 3.25. The van der Waals surface area contributed by atoms with Gasteiger partial charge in [-0.1, -0.05) is 42.5 Å². The summed E-state index contributed by atoms with van der Waals surface area (Å²) in [5.41, 5.74) is 1.04. The van der Waals surface area contributed by atoms with Crippen LogP contribution in [-0.4, -0.2) is 11.7 Å². The molecule has 106 valence electrons. The van der Waals surface area contributed by atoms with Gasteiger partial charge in [-0.05, 0) is 18.6 Å². The Morgan fingerprint density at radius 1 is 1.05 bits per heavy atom. The molecule has 2 atom stereocenters. The van der Waals surface area contributed by atoms with E-state index in [1.807, 2.05) is 30.3 Å². The van der Waals surface area contributed by atoms with Crippen LogP contribution in [0.1, 0.15) is 30.2 Å². The first-order chi connectivity index (χ1) is 9.59. The number of nitrogens with one attached hydrogen (secondary N) is 1. The van der Waals surface area contributed by atoms with E-state index >= 15 is 0 Å². The van der Waals surface area contributed by atoms with Crippen molar-refractivity contribution in [1.29, 1.82) is 0 Å². The van der Waals surface area contributed by atoms with Gasteiger partial charge >= 0.3 is 0 Å². The molecular formula is C16H17F2NO. The van der Waals surface area contributed by atoms with Crippen molar-refractivity contribution in [1.82, 2.24) is 5.32 Å². The SMILES string of the molecule is CC(NCC(O)c1ccccc1)c1cccc(F)c1F. The predicted octanol–water partition coefficient (Wildman–Crippen LogP) is 3.35. The van der Waals surface area contributed by atoms with E-state index < -0.39 is 17.7 Å². The first-order valence-electron chi connectivity index (χ1n) is 6.50. The Morgan fingerprint density at radius 3 is 2.45 bits per heavy atom. The van der Waals surface area contributed by atoms with Crippen molar-refractivity contribution in [2.45, 2.75) is 19.1 Å². The highest BCUT2D eigenvalue weighted by atomic mass is 19.2. The minimum Gasteiger partial charge on any atom is -0.387 e. The fraction of sp³-hybridized carbons (Fsp3) is 0.250. The second-order valence-electron chi connectivity index (χ2n) is 4.70. The summed E-state index contributed by atoms with van der Waals surface area (Å²) < 4.78 is 26.8. The highest BCUT2D eigenvalue weighted by molar-refractivity contribution is 5.22. The van der Waals surface area contributed by atoms with Gasteiger partial charge in [-0.15, -0.1) is 0 Å². The standard InChI is InChI=1S/C16H17F2NO/c1-11(13-8-5-9-14(17)16(13)18)19-10-15(20)12-6-3-2-4-7-12/h2-9,11,15,19-20H,10H2,1H3. The lowest BCUT2D eigenvalue weighted by molar-refractivity contribution is 0.170. The smallest absolute Gasteiger partial charge is 0.163 e. The number of hydrogen-bond acceptors (Lipinski definition) is 2. The van der Waals surface area contributed by atoms with Gasteiger partial charge in [-0.2, -0.15) is 0 Å². The predicted molar refractivity (Wildman–Crippen MR) is 74.2 cm³/mol. The fourth-order valence-electron chi connectivity index (χ4n) is 2.05. The summed E-state index contributed by atoms with van der Waals surface area (Å²) in [4.78, 5) is 0. The number of aliphatic hydroxyl groups is 1. The summed E-state index contributed by atoms with van der Waals surface area (Å²) in [5.74, 6) is -1.71. The van der Waals surface area contributed by atoms with Crippen LogP contribution in [0, 0.1) is 11.6 Å². The molecule has 20 heavy (non-hydrogen) atoms. The van der Waals surface area contributed by atoms with E-state index in [2.05, 4.69) is 5.32 Å². The van der Waals surface area contributed by atoms with Crippen LogP contribution in [-0.2, 0) is 0 Å². The molecule has 2 unspecified atom stereocenters. The molecule has 4 heteroatoms. The maximum Gasteiger partial charge on any atom is 0.163 e. The molecule has 0 heterocycles. The lowest BCUT2D eigenvalue weighted by Crippen LogP contribution is -2.25. The second-order valence-corrected chi connectivity index (χ2v) is 4.70. The van der Waals surface area contributed by atoms with Crippen molar-refractivity contribution in [2.75, 3.05) is 6.54 Å². The fourth-order valence-corrected chi connectivity index (χ4v) is 2.05. The van der Waals surface area contributed by atoms with E-state index in [1.165, 1.54) is 12.1 Å². The van der Waals surface area contributed by atoms with Crippen molar-refractivity contribution in [2.24, 2.45) is 0 Å². The Hall–Kier alpha value is -1.78. The summed E-state index contributed by atoms with van der Waals surface area (Å²) in [6, 6.07) is 12.9. The third kappa shape index (κ3) is 3.40. The van der Waals surface area contributed by atoms with E-state index in [9.17, 15) is 13.9 Å². The van der Waals surface area contributed by atoms with Gasteiger partial charge < -0.3 is 10.4 Å². The van der Waals surface area contributed by atoms with E-state index in [4.69, 9.17) is 0 Å². The molecule has 2 aromatic carbocycles. The van der Waals surface area contributed by atoms with Crippen molar-refractivity contribution in [3.05, 3.63) is 71.3 Å². The van der Waals surface area contributed by atoms with Crippen molar-refractivity contribution in [3.63, 3.8) is 0 Å². The Morgan fingerprint density at radius 2 is 1.75 bits per heavy atom. The number of hydrogen-bond donors (Lipinski definition) is 2. The van der Waals surface area contributed by atoms with Crippen LogP contribution in [0.5, 0.6) is 0 Å². The Balaban J connectivity index is 1.99. The second kappa shape index (κ2) is 6.59. The summed E-state index contributed by atoms with van der Waals surface area (Å²) in [5, 5.41) is 13.0. The zero-order chi connectivity index (χ0) is 14.5. The van der Waals surface area contributed by atoms with Crippen LogP contribution in [0.15, 0.2) is 48.5 Å². The summed E-state index contributed by atoms with van der Waals surface area (Å²) in [6.45, 7) is 2.00. The van der Waals surface area contributed by atoms with Gasteiger partial charge in [0.05, 0.1) is 6.10 Å². The molecule has 2 rings (SSSR count). The average molecular weight is 277 g/mol. The quantitative estimate of drug-likeness (QED) is 0.878. The van der Waals surface area contributed by atoms with Crippen LogP contribution in [0.2, 0.25) is 0 Å². The third-order valence-corrected chi connectivity index (χ3v) is 3.25. The molecular weight excluding hydrogens is 260 g/mol. The minimum absolute atomic E-state index is 0.255. The van der Waals surface area contributed by atoms with Crippen LogP contribution >= 0.6 is 0 Å². The van der Waals surface area contributed by atoms with Crippen LogP contribution in [0.3, 0.4) is 0 Å². The number of rotatable bonds is 5. The number of halogens is 2. The highest BCUT2D eigenvalue weighted by Crippen LogP contribution is 2.20. The molecule has 0 fully saturated rings. The van der Waals surface area contributed by atoms with Crippen molar-refractivity contribution >= 4 is 0 Å². The maximum atomic E-state index is 13.6. The molecule has 0 radical (unpaired) electrons. The molecule has 0 aromatic heterocycles. The van der Waals surface area contributed by atoms with E-state index in [0.717, 1.165) is 11.6 Å². The Bertz CT molecular complexity index is 560. The Labute approximate surface area is 117 Å². The van der Waals surface area contributed by atoms with Gasteiger partial charge in [0.2, 0.25) is 0 Å². The number of benzene rings is 2. The molecule has 2 nitrogen and oxygen atoms in total. The largest absolute Gasteiger partial charge is 0.387 e. The van der Waals surface area contributed by atoms with E-state index in [1.54, 1.807) is 6.92 Å². The molecule has 0 bridgehead atoms. The van der Waals surface area contributed by atoms with E-state index in [0.29, 0.717) is 0 Å². The van der Waals surface area contributed by atoms with Crippen molar-refractivity contribution < 1.29 is 13.9 Å². The lowest BCUT2D eigenvalue weighted by atomic mass is 10.1. The van der Waals surface area contributed by atoms with Gasteiger partial charge in [-0.3, -0.25) is 0 Å². The van der Waals surface area contributed by atoms with Crippen LogP contribution < -0.4 is 5.32 Å². The summed E-state index contributed by atoms with van der Waals surface area (Å²) >= 11 is 0. The van der Waals surface area contributed by atoms with Gasteiger partial charge in [-0.25, -0.2) is 8.78 Å². The molecule has 0 saturated heterocycles. The molecule has 0 aliphatic heterocycles. The normalized spacial score (nSPS) is 14.0. The topological polar surface area (TPSA) is 32.3 Å². The molecule has 0 saturated carbocycles. The highest BCUT2D eigenvalue weighted by Gasteiger charge is 2.15. The zero-order valence-electron chi connectivity index (χ0n) is 11.2. The Kier molecular flexibility index (Phi) is 4.82. The van der Waals surface area contributed by atoms with Crippen molar-refractivity contribution in [3.8, 4) is 0 Å². The van der Waals surface area contributed by atoms with Crippen LogP contribution in [0.25, 0.3) is 0 Å². The van der Waals surface area contributed by atoms with Gasteiger partial charge in [0.1, 0.15) is 0 Å².